The lowest BCUT2D eigenvalue weighted by Gasteiger charge is -2.28. The maximum atomic E-state index is 13.3. The lowest BCUT2D eigenvalue weighted by Crippen LogP contribution is -2.16. The number of carbonyl (C=O) groups is 2. The van der Waals surface area contributed by atoms with Crippen LogP contribution in [-0.2, 0) is 4.79 Å². The Hall–Kier alpha value is -3.92. The highest BCUT2D eigenvalue weighted by molar-refractivity contribution is 6.13. The Labute approximate surface area is 224 Å². The van der Waals surface area contributed by atoms with Crippen molar-refractivity contribution in [3.63, 3.8) is 0 Å². The van der Waals surface area contributed by atoms with Crippen molar-refractivity contribution in [3.8, 4) is 11.1 Å². The van der Waals surface area contributed by atoms with E-state index in [-0.39, 0.29) is 5.91 Å². The fraction of sp³-hybridized carbons (Fsp3) is 0.294. The molecule has 0 radical (unpaired) electrons. The van der Waals surface area contributed by atoms with Crippen LogP contribution in [-0.4, -0.2) is 17.0 Å². The molecule has 0 heterocycles. The number of benzene rings is 4. The van der Waals surface area contributed by atoms with Crippen LogP contribution in [0, 0.1) is 5.92 Å². The van der Waals surface area contributed by atoms with E-state index >= 15 is 0 Å². The van der Waals surface area contributed by atoms with Gasteiger partial charge in [-0.3, -0.25) is 9.59 Å². The predicted molar refractivity (Wildman–Crippen MR) is 155 cm³/mol. The van der Waals surface area contributed by atoms with Gasteiger partial charge in [-0.25, -0.2) is 0 Å². The minimum Gasteiger partial charge on any atom is -0.481 e. The number of carboxylic acids is 1. The number of fused-ring (bicyclic) bond motifs is 1. The van der Waals surface area contributed by atoms with Gasteiger partial charge in [-0.1, -0.05) is 80.6 Å². The van der Waals surface area contributed by atoms with Crippen LogP contribution in [0.2, 0.25) is 0 Å². The van der Waals surface area contributed by atoms with Gasteiger partial charge in [-0.05, 0) is 94.7 Å². The van der Waals surface area contributed by atoms with Crippen molar-refractivity contribution in [1.29, 1.82) is 0 Å². The first-order valence-corrected chi connectivity index (χ1v) is 13.6. The van der Waals surface area contributed by atoms with Gasteiger partial charge in [0.1, 0.15) is 0 Å². The zero-order valence-corrected chi connectivity index (χ0v) is 22.1. The standard InChI is InChI=1S/C34H35NO3/c1-22(2)29-7-3-4-9-32(29)35-34(38)31-8-5-6-28-21-27(18-19-30(28)31)26-16-14-25(15-17-26)24-12-10-23(11-13-24)20-33(36)37/h3-9,14-19,21-24H,10-13,20H2,1-2H3,(H,35,38)(H,36,37)/t23-,24-. The molecule has 0 bridgehead atoms. The molecule has 1 fully saturated rings. The van der Waals surface area contributed by atoms with Gasteiger partial charge in [0.15, 0.2) is 0 Å². The molecule has 194 valence electrons. The van der Waals surface area contributed by atoms with Gasteiger partial charge in [-0.15, -0.1) is 0 Å². The molecule has 4 heteroatoms. The van der Waals surface area contributed by atoms with Crippen LogP contribution in [0.25, 0.3) is 21.9 Å². The van der Waals surface area contributed by atoms with Crippen LogP contribution in [0.1, 0.15) is 79.3 Å². The first-order chi connectivity index (χ1) is 18.4. The number of rotatable bonds is 7. The average Bonchev–Trinajstić information content (AvgIpc) is 2.93. The summed E-state index contributed by atoms with van der Waals surface area (Å²) in [5, 5.41) is 14.2. The summed E-state index contributed by atoms with van der Waals surface area (Å²) >= 11 is 0. The summed E-state index contributed by atoms with van der Waals surface area (Å²) in [6, 6.07) is 29.0. The van der Waals surface area contributed by atoms with Crippen LogP contribution in [0.4, 0.5) is 5.69 Å². The highest BCUT2D eigenvalue weighted by Gasteiger charge is 2.24. The number of hydrogen-bond acceptors (Lipinski definition) is 2. The van der Waals surface area contributed by atoms with Crippen molar-refractivity contribution >= 4 is 28.3 Å². The van der Waals surface area contributed by atoms with Crippen molar-refractivity contribution in [2.75, 3.05) is 5.32 Å². The number of amides is 1. The van der Waals surface area contributed by atoms with Crippen molar-refractivity contribution in [2.24, 2.45) is 5.92 Å². The molecule has 1 aliphatic carbocycles. The molecule has 4 nitrogen and oxygen atoms in total. The molecular formula is C34H35NO3. The van der Waals surface area contributed by atoms with E-state index < -0.39 is 5.97 Å². The van der Waals surface area contributed by atoms with Crippen molar-refractivity contribution in [3.05, 3.63) is 102 Å². The van der Waals surface area contributed by atoms with Crippen LogP contribution < -0.4 is 5.32 Å². The fourth-order valence-corrected chi connectivity index (χ4v) is 5.86. The van der Waals surface area contributed by atoms with E-state index in [0.29, 0.717) is 29.7 Å². The molecule has 0 atom stereocenters. The minimum absolute atomic E-state index is 0.0983. The Bertz CT molecular complexity index is 1450. The quantitative estimate of drug-likeness (QED) is 0.264. The summed E-state index contributed by atoms with van der Waals surface area (Å²) < 4.78 is 0. The van der Waals surface area contributed by atoms with Gasteiger partial charge < -0.3 is 10.4 Å². The number of carbonyl (C=O) groups excluding carboxylic acids is 1. The van der Waals surface area contributed by atoms with Crippen molar-refractivity contribution in [1.82, 2.24) is 0 Å². The molecule has 2 N–H and O–H groups in total. The largest absolute Gasteiger partial charge is 0.481 e. The molecule has 0 aliphatic heterocycles. The van der Waals surface area contributed by atoms with E-state index in [4.69, 9.17) is 5.11 Å². The molecule has 4 aromatic rings. The molecule has 1 saturated carbocycles. The molecule has 0 unspecified atom stereocenters. The van der Waals surface area contributed by atoms with Gasteiger partial charge in [0, 0.05) is 17.7 Å². The number of anilines is 1. The highest BCUT2D eigenvalue weighted by Crippen LogP contribution is 2.38. The summed E-state index contributed by atoms with van der Waals surface area (Å²) in [4.78, 5) is 24.3. The summed E-state index contributed by atoms with van der Waals surface area (Å²) in [6.07, 6.45) is 4.38. The zero-order chi connectivity index (χ0) is 26.6. The second-order valence-corrected chi connectivity index (χ2v) is 10.9. The summed E-state index contributed by atoms with van der Waals surface area (Å²) in [7, 11) is 0. The molecule has 1 aliphatic rings. The number of carboxylic acid groups (broad SMARTS) is 1. The van der Waals surface area contributed by atoms with Gasteiger partial charge >= 0.3 is 5.97 Å². The van der Waals surface area contributed by atoms with E-state index in [2.05, 4.69) is 67.7 Å². The fourth-order valence-electron chi connectivity index (χ4n) is 5.86. The predicted octanol–water partition coefficient (Wildman–Crippen LogP) is 8.63. The van der Waals surface area contributed by atoms with Gasteiger partial charge in [-0.2, -0.15) is 0 Å². The second-order valence-electron chi connectivity index (χ2n) is 10.9. The van der Waals surface area contributed by atoms with Crippen LogP contribution in [0.5, 0.6) is 0 Å². The van der Waals surface area contributed by atoms with Crippen molar-refractivity contribution < 1.29 is 14.7 Å². The van der Waals surface area contributed by atoms with E-state index in [1.807, 2.05) is 36.4 Å². The van der Waals surface area contributed by atoms with Gasteiger partial charge in [0.25, 0.3) is 5.91 Å². The number of hydrogen-bond donors (Lipinski definition) is 2. The molecule has 0 aromatic heterocycles. The SMILES string of the molecule is CC(C)c1ccccc1NC(=O)c1cccc2cc(-c3ccc([C@H]4CC[C@H](CC(=O)O)CC4)cc3)ccc12. The first-order valence-electron chi connectivity index (χ1n) is 13.6. The highest BCUT2D eigenvalue weighted by atomic mass is 16.4. The topological polar surface area (TPSA) is 66.4 Å². The summed E-state index contributed by atoms with van der Waals surface area (Å²) in [5.74, 6) is 0.362. The van der Waals surface area contributed by atoms with Crippen LogP contribution in [0.15, 0.2) is 84.9 Å². The summed E-state index contributed by atoms with van der Waals surface area (Å²) in [5.41, 5.74) is 6.26. The lowest BCUT2D eigenvalue weighted by atomic mass is 9.77. The monoisotopic (exact) mass is 505 g/mol. The van der Waals surface area contributed by atoms with E-state index in [1.54, 1.807) is 0 Å². The summed E-state index contributed by atoms with van der Waals surface area (Å²) in [6.45, 7) is 4.26. The van der Waals surface area contributed by atoms with E-state index in [0.717, 1.165) is 58.8 Å². The number of nitrogens with one attached hydrogen (secondary N) is 1. The molecular weight excluding hydrogens is 470 g/mol. The third kappa shape index (κ3) is 5.65. The molecule has 0 saturated heterocycles. The second kappa shape index (κ2) is 11.2. The van der Waals surface area contributed by atoms with Crippen molar-refractivity contribution in [2.45, 2.75) is 57.8 Å². The number of aliphatic carboxylic acids is 1. The van der Waals surface area contributed by atoms with Gasteiger partial charge in [0.05, 0.1) is 0 Å². The Morgan fingerprint density at radius 1 is 0.842 bits per heavy atom. The molecule has 38 heavy (non-hydrogen) atoms. The maximum absolute atomic E-state index is 13.3. The third-order valence-electron chi connectivity index (χ3n) is 7.98. The normalized spacial score (nSPS) is 17.4. The number of para-hydroxylation sites is 1. The first kappa shape index (κ1) is 25.7. The zero-order valence-electron chi connectivity index (χ0n) is 22.1. The van der Waals surface area contributed by atoms with Crippen LogP contribution >= 0.6 is 0 Å². The molecule has 4 aromatic carbocycles. The molecule has 0 spiro atoms. The molecule has 1 amide bonds. The smallest absolute Gasteiger partial charge is 0.303 e. The third-order valence-corrected chi connectivity index (χ3v) is 7.98. The Kier molecular flexibility index (Phi) is 7.59. The average molecular weight is 506 g/mol. The Morgan fingerprint density at radius 3 is 2.26 bits per heavy atom. The molecule has 5 rings (SSSR count). The lowest BCUT2D eigenvalue weighted by molar-refractivity contribution is -0.138. The Balaban J connectivity index is 1.32. The Morgan fingerprint density at radius 2 is 1.55 bits per heavy atom. The maximum Gasteiger partial charge on any atom is 0.303 e. The van der Waals surface area contributed by atoms with Gasteiger partial charge in [0.2, 0.25) is 0 Å². The minimum atomic E-state index is -0.683. The van der Waals surface area contributed by atoms with E-state index in [1.165, 1.54) is 5.56 Å². The van der Waals surface area contributed by atoms with Crippen LogP contribution in [0.3, 0.4) is 0 Å². The van der Waals surface area contributed by atoms with E-state index in [9.17, 15) is 9.59 Å².